The number of aromatic nitrogens is 1. The molecule has 0 amide bonds. The van der Waals surface area contributed by atoms with Crippen molar-refractivity contribution in [3.8, 4) is 11.1 Å². The molecule has 1 heterocycles. The van der Waals surface area contributed by atoms with E-state index in [0.29, 0.717) is 16.6 Å². The van der Waals surface area contributed by atoms with E-state index >= 15 is 0 Å². The molecule has 0 N–H and O–H groups in total. The summed E-state index contributed by atoms with van der Waals surface area (Å²) in [6.07, 6.45) is 1.15. The average Bonchev–Trinajstić information content (AvgIpc) is 2.85. The van der Waals surface area contributed by atoms with Crippen molar-refractivity contribution in [2.45, 2.75) is 12.4 Å². The van der Waals surface area contributed by atoms with Gasteiger partial charge in [-0.15, -0.1) is 0 Å². The first kappa shape index (κ1) is 24.1. The molecule has 0 atom stereocenters. The van der Waals surface area contributed by atoms with E-state index in [9.17, 15) is 18.0 Å². The second kappa shape index (κ2) is 10.1. The van der Waals surface area contributed by atoms with Crippen LogP contribution in [0, 0.1) is 0 Å². The van der Waals surface area contributed by atoms with Gasteiger partial charge < -0.3 is 9.47 Å². The molecular weight excluding hydrogens is 466 g/mol. The molecule has 35 heavy (non-hydrogen) atoms. The first-order chi connectivity index (χ1) is 16.8. The highest BCUT2D eigenvalue weighted by atomic mass is 32.2. The molecule has 8 heteroatoms. The van der Waals surface area contributed by atoms with Crippen LogP contribution in [0.2, 0.25) is 0 Å². The number of benzene rings is 3. The molecule has 3 aromatic carbocycles. The van der Waals surface area contributed by atoms with Gasteiger partial charge in [0.15, 0.2) is 9.84 Å². The molecule has 0 radical (unpaired) electrons. The Morgan fingerprint density at radius 2 is 1.51 bits per heavy atom. The fourth-order valence-electron chi connectivity index (χ4n) is 3.85. The number of esters is 2. The van der Waals surface area contributed by atoms with Crippen molar-refractivity contribution in [3.05, 3.63) is 101 Å². The van der Waals surface area contributed by atoms with E-state index in [1.807, 2.05) is 54.6 Å². The minimum atomic E-state index is -3.19. The van der Waals surface area contributed by atoms with Crippen LogP contribution in [0.1, 0.15) is 32.0 Å². The van der Waals surface area contributed by atoms with Gasteiger partial charge in [-0.25, -0.2) is 23.0 Å². The number of carbonyl (C=O) groups is 2. The van der Waals surface area contributed by atoms with E-state index in [4.69, 9.17) is 9.47 Å². The van der Waals surface area contributed by atoms with Crippen molar-refractivity contribution < 1.29 is 27.5 Å². The number of para-hydroxylation sites is 1. The van der Waals surface area contributed by atoms with Gasteiger partial charge in [0.2, 0.25) is 0 Å². The second-order valence-electron chi connectivity index (χ2n) is 8.03. The van der Waals surface area contributed by atoms with Crippen LogP contribution in [0.3, 0.4) is 0 Å². The maximum atomic E-state index is 12.9. The molecule has 1 aromatic heterocycles. The Kier molecular flexibility index (Phi) is 6.93. The van der Waals surface area contributed by atoms with Crippen LogP contribution >= 0.6 is 0 Å². The summed E-state index contributed by atoms with van der Waals surface area (Å²) in [6, 6.07) is 23.0. The molecule has 0 spiro atoms. The zero-order chi connectivity index (χ0) is 25.0. The average molecular weight is 490 g/mol. The third-order valence-electron chi connectivity index (χ3n) is 5.38. The molecular formula is C27H23NO6S. The minimum absolute atomic E-state index is 0.117. The van der Waals surface area contributed by atoms with Gasteiger partial charge >= 0.3 is 11.9 Å². The summed E-state index contributed by atoms with van der Waals surface area (Å²) in [5.41, 5.74) is 3.44. The van der Waals surface area contributed by atoms with Crippen molar-refractivity contribution in [1.29, 1.82) is 0 Å². The van der Waals surface area contributed by atoms with Crippen molar-refractivity contribution in [3.63, 3.8) is 0 Å². The molecule has 0 aliphatic heterocycles. The Hall–Kier alpha value is -4.04. The number of hydrogen-bond donors (Lipinski definition) is 0. The zero-order valence-corrected chi connectivity index (χ0v) is 20.0. The smallest absolute Gasteiger partial charge is 0.340 e. The van der Waals surface area contributed by atoms with Gasteiger partial charge in [0.1, 0.15) is 6.61 Å². The van der Waals surface area contributed by atoms with E-state index in [1.54, 1.807) is 12.1 Å². The van der Waals surface area contributed by atoms with Crippen LogP contribution in [0.5, 0.6) is 0 Å². The first-order valence-corrected chi connectivity index (χ1v) is 12.8. The van der Waals surface area contributed by atoms with Crippen LogP contribution < -0.4 is 0 Å². The summed E-state index contributed by atoms with van der Waals surface area (Å²) >= 11 is 0. The maximum absolute atomic E-state index is 12.9. The predicted octanol–water partition coefficient (Wildman–Crippen LogP) is 4.59. The minimum Gasteiger partial charge on any atom is -0.465 e. The third-order valence-corrected chi connectivity index (χ3v) is 6.24. The topological polar surface area (TPSA) is 99.6 Å². The zero-order valence-electron chi connectivity index (χ0n) is 19.2. The van der Waals surface area contributed by atoms with Gasteiger partial charge in [0.25, 0.3) is 0 Å². The Balaban J connectivity index is 1.70. The van der Waals surface area contributed by atoms with Gasteiger partial charge in [0.05, 0.1) is 35.2 Å². The maximum Gasteiger partial charge on any atom is 0.340 e. The van der Waals surface area contributed by atoms with Gasteiger partial charge in [-0.05, 0) is 29.3 Å². The molecule has 0 saturated carbocycles. The van der Waals surface area contributed by atoms with E-state index < -0.39 is 21.8 Å². The lowest BCUT2D eigenvalue weighted by Crippen LogP contribution is -2.14. The predicted molar refractivity (Wildman–Crippen MR) is 133 cm³/mol. The summed E-state index contributed by atoms with van der Waals surface area (Å²) in [4.78, 5) is 30.2. The summed E-state index contributed by atoms with van der Waals surface area (Å²) in [6.45, 7) is -0.251. The highest BCUT2D eigenvalue weighted by Gasteiger charge is 2.24. The van der Waals surface area contributed by atoms with Crippen LogP contribution in [-0.2, 0) is 31.7 Å². The number of methoxy groups -OCH3 is 1. The summed E-state index contributed by atoms with van der Waals surface area (Å²) in [5, 5.41) is 0.774. The number of carbonyl (C=O) groups excluding carboxylic acids is 2. The Morgan fingerprint density at radius 1 is 0.857 bits per heavy atom. The van der Waals surface area contributed by atoms with Crippen LogP contribution in [0.15, 0.2) is 78.9 Å². The van der Waals surface area contributed by atoms with Crippen molar-refractivity contribution >= 4 is 32.7 Å². The molecule has 4 aromatic rings. The highest BCUT2D eigenvalue weighted by molar-refractivity contribution is 7.89. The molecule has 7 nitrogen and oxygen atoms in total. The van der Waals surface area contributed by atoms with Gasteiger partial charge in [-0.2, -0.15) is 0 Å². The molecule has 178 valence electrons. The second-order valence-corrected chi connectivity index (χ2v) is 10.2. The van der Waals surface area contributed by atoms with E-state index in [-0.39, 0.29) is 29.2 Å². The number of rotatable bonds is 7. The van der Waals surface area contributed by atoms with Gasteiger partial charge in [-0.3, -0.25) is 0 Å². The quantitative estimate of drug-likeness (QED) is 0.350. The Labute approximate surface area is 203 Å². The van der Waals surface area contributed by atoms with Crippen LogP contribution in [0.4, 0.5) is 0 Å². The van der Waals surface area contributed by atoms with Crippen molar-refractivity contribution in [2.24, 2.45) is 0 Å². The standard InChI is InChI=1S/C27H23NO6S/c1-33-27(30)25-23(16-34-26(29)20-14-12-18(13-15-20)17-35(2,31)32)28-22-11-7-6-10-21(22)24(25)19-8-4-3-5-9-19/h3-15H,16-17H2,1-2H3. The third kappa shape index (κ3) is 5.55. The number of nitrogens with zero attached hydrogens (tertiary/aromatic N) is 1. The van der Waals surface area contributed by atoms with Crippen molar-refractivity contribution in [1.82, 2.24) is 4.98 Å². The van der Waals surface area contributed by atoms with E-state index in [0.717, 1.165) is 17.2 Å². The van der Waals surface area contributed by atoms with Crippen LogP contribution in [0.25, 0.3) is 22.0 Å². The lowest BCUT2D eigenvalue weighted by atomic mass is 9.94. The number of hydrogen-bond acceptors (Lipinski definition) is 7. The van der Waals surface area contributed by atoms with Gasteiger partial charge in [0, 0.05) is 17.2 Å². The highest BCUT2D eigenvalue weighted by Crippen LogP contribution is 2.34. The van der Waals surface area contributed by atoms with E-state index in [2.05, 4.69) is 4.98 Å². The van der Waals surface area contributed by atoms with Gasteiger partial charge in [-0.1, -0.05) is 60.7 Å². The van der Waals surface area contributed by atoms with Crippen molar-refractivity contribution in [2.75, 3.05) is 13.4 Å². The number of ether oxygens (including phenoxy) is 2. The molecule has 4 rings (SSSR count). The molecule has 0 fully saturated rings. The number of fused-ring (bicyclic) bond motifs is 1. The molecule has 0 aliphatic carbocycles. The monoisotopic (exact) mass is 489 g/mol. The van der Waals surface area contributed by atoms with Crippen LogP contribution in [-0.4, -0.2) is 38.7 Å². The summed E-state index contributed by atoms with van der Waals surface area (Å²) in [7, 11) is -1.89. The normalized spacial score (nSPS) is 11.3. The SMILES string of the molecule is COC(=O)c1c(COC(=O)c2ccc(CS(C)(=O)=O)cc2)nc2ccccc2c1-c1ccccc1. The molecule has 0 saturated heterocycles. The molecule has 0 bridgehead atoms. The number of pyridine rings is 1. The summed E-state index contributed by atoms with van der Waals surface area (Å²) < 4.78 is 33.5. The van der Waals surface area contributed by atoms with E-state index in [1.165, 1.54) is 19.2 Å². The lowest BCUT2D eigenvalue weighted by Gasteiger charge is -2.16. The fourth-order valence-corrected chi connectivity index (χ4v) is 4.65. The fraction of sp³-hybridized carbons (Fsp3) is 0.148. The Morgan fingerprint density at radius 3 is 2.17 bits per heavy atom. The first-order valence-electron chi connectivity index (χ1n) is 10.8. The summed E-state index contributed by atoms with van der Waals surface area (Å²) in [5.74, 6) is -1.32. The number of sulfone groups is 1. The molecule has 0 unspecified atom stereocenters. The largest absolute Gasteiger partial charge is 0.465 e. The lowest BCUT2D eigenvalue weighted by molar-refractivity contribution is 0.0456. The molecule has 0 aliphatic rings. The Bertz CT molecular complexity index is 1500.